The predicted octanol–water partition coefficient (Wildman–Crippen LogP) is 2.59. The highest BCUT2D eigenvalue weighted by atomic mass is 32.2. The summed E-state index contributed by atoms with van der Waals surface area (Å²) in [4.78, 5) is 20.2. The van der Waals surface area contributed by atoms with Crippen molar-refractivity contribution in [2.24, 2.45) is 7.05 Å². The number of ether oxygens (including phenoxy) is 2. The number of nitrogens with one attached hydrogen (secondary N) is 1. The lowest BCUT2D eigenvalue weighted by molar-refractivity contribution is 0.121. The predicted molar refractivity (Wildman–Crippen MR) is 129 cm³/mol. The molecule has 33 heavy (non-hydrogen) atoms. The summed E-state index contributed by atoms with van der Waals surface area (Å²) in [5.74, 6) is 0.981. The van der Waals surface area contributed by atoms with E-state index in [0.29, 0.717) is 54.6 Å². The third-order valence-corrected chi connectivity index (χ3v) is 6.14. The van der Waals surface area contributed by atoms with Crippen LogP contribution in [0.3, 0.4) is 0 Å². The number of rotatable bonds is 6. The molecule has 1 N–H and O–H groups in total. The standard InChI is InChI=1S/C23H28N4O5S/c1-15-13-17(16(2)32-20-8-6-5-7-19(20)25-33(4,29)30)21-18(14-15)22(28)26(3)23(24-21)27-9-11-31-12-10-27/h5-8,13-14,16,25H,9-12H2,1-4H3. The average molecular weight is 473 g/mol. The van der Waals surface area contributed by atoms with E-state index in [4.69, 9.17) is 14.5 Å². The molecule has 1 atom stereocenters. The van der Waals surface area contributed by atoms with Crippen molar-refractivity contribution >= 4 is 32.6 Å². The van der Waals surface area contributed by atoms with Gasteiger partial charge in [-0.3, -0.25) is 14.1 Å². The van der Waals surface area contributed by atoms with Crippen LogP contribution in [0.2, 0.25) is 0 Å². The number of hydrogen-bond donors (Lipinski definition) is 1. The fourth-order valence-corrected chi connectivity index (χ4v) is 4.57. The first kappa shape index (κ1) is 23.1. The summed E-state index contributed by atoms with van der Waals surface area (Å²) < 4.78 is 39.2. The Kier molecular flexibility index (Phi) is 6.31. The quantitative estimate of drug-likeness (QED) is 0.588. The third kappa shape index (κ3) is 4.96. The molecule has 0 radical (unpaired) electrons. The largest absolute Gasteiger partial charge is 0.484 e. The van der Waals surface area contributed by atoms with Gasteiger partial charge >= 0.3 is 0 Å². The summed E-state index contributed by atoms with van der Waals surface area (Å²) in [5.41, 5.74) is 2.46. The van der Waals surface area contributed by atoms with E-state index in [1.807, 2.05) is 30.9 Å². The van der Waals surface area contributed by atoms with E-state index in [2.05, 4.69) is 4.72 Å². The summed E-state index contributed by atoms with van der Waals surface area (Å²) in [7, 11) is -1.74. The van der Waals surface area contributed by atoms with Crippen LogP contribution < -0.4 is 19.9 Å². The Morgan fingerprint density at radius 3 is 2.58 bits per heavy atom. The number of nitrogens with zero attached hydrogens (tertiary/aromatic N) is 3. The summed E-state index contributed by atoms with van der Waals surface area (Å²) in [6.45, 7) is 6.26. The van der Waals surface area contributed by atoms with E-state index in [0.717, 1.165) is 17.4 Å². The fourth-order valence-electron chi connectivity index (χ4n) is 4.00. The van der Waals surface area contributed by atoms with Crippen molar-refractivity contribution in [3.63, 3.8) is 0 Å². The minimum absolute atomic E-state index is 0.127. The van der Waals surface area contributed by atoms with E-state index in [9.17, 15) is 13.2 Å². The topological polar surface area (TPSA) is 103 Å². The van der Waals surface area contributed by atoms with Gasteiger partial charge in [-0.2, -0.15) is 0 Å². The van der Waals surface area contributed by atoms with Crippen molar-refractivity contribution < 1.29 is 17.9 Å². The molecule has 2 aromatic carbocycles. The maximum absolute atomic E-state index is 13.2. The van der Waals surface area contributed by atoms with E-state index >= 15 is 0 Å². The molecule has 3 aromatic rings. The number of para-hydroxylation sites is 2. The van der Waals surface area contributed by atoms with Crippen LogP contribution in [-0.2, 0) is 21.8 Å². The van der Waals surface area contributed by atoms with E-state index in [1.54, 1.807) is 35.9 Å². The smallest absolute Gasteiger partial charge is 0.262 e. The third-order valence-electron chi connectivity index (χ3n) is 5.55. The molecule has 0 saturated carbocycles. The van der Waals surface area contributed by atoms with Gasteiger partial charge in [0.05, 0.1) is 36.1 Å². The van der Waals surface area contributed by atoms with Crippen LogP contribution in [0.15, 0.2) is 41.2 Å². The van der Waals surface area contributed by atoms with Crippen molar-refractivity contribution in [1.82, 2.24) is 9.55 Å². The van der Waals surface area contributed by atoms with Crippen molar-refractivity contribution in [2.45, 2.75) is 20.0 Å². The highest BCUT2D eigenvalue weighted by molar-refractivity contribution is 7.92. The summed E-state index contributed by atoms with van der Waals surface area (Å²) in [6, 6.07) is 10.6. The second-order valence-electron chi connectivity index (χ2n) is 8.26. The second-order valence-corrected chi connectivity index (χ2v) is 10.0. The molecule has 2 heterocycles. The van der Waals surface area contributed by atoms with Gasteiger partial charge in [-0.15, -0.1) is 0 Å². The number of hydrogen-bond acceptors (Lipinski definition) is 7. The highest BCUT2D eigenvalue weighted by Crippen LogP contribution is 2.32. The molecule has 9 nitrogen and oxygen atoms in total. The highest BCUT2D eigenvalue weighted by Gasteiger charge is 2.22. The van der Waals surface area contributed by atoms with Gasteiger partial charge in [0.1, 0.15) is 11.9 Å². The zero-order chi connectivity index (χ0) is 23.8. The summed E-state index contributed by atoms with van der Waals surface area (Å²) >= 11 is 0. The molecule has 1 aromatic heterocycles. The lowest BCUT2D eigenvalue weighted by Crippen LogP contribution is -2.40. The zero-order valence-corrected chi connectivity index (χ0v) is 20.0. The molecule has 0 aliphatic carbocycles. The Morgan fingerprint density at radius 2 is 1.88 bits per heavy atom. The zero-order valence-electron chi connectivity index (χ0n) is 19.2. The van der Waals surface area contributed by atoms with Crippen molar-refractivity contribution in [2.75, 3.05) is 42.2 Å². The summed E-state index contributed by atoms with van der Waals surface area (Å²) in [6.07, 6.45) is 0.598. The molecular weight excluding hydrogens is 444 g/mol. The van der Waals surface area contributed by atoms with Crippen LogP contribution in [0.4, 0.5) is 11.6 Å². The van der Waals surface area contributed by atoms with Crippen molar-refractivity contribution in [3.8, 4) is 5.75 Å². The summed E-state index contributed by atoms with van der Waals surface area (Å²) in [5, 5.41) is 0.516. The molecule has 1 aliphatic heterocycles. The minimum atomic E-state index is -3.47. The molecule has 0 amide bonds. The minimum Gasteiger partial charge on any atom is -0.484 e. The van der Waals surface area contributed by atoms with Crippen LogP contribution in [0.1, 0.15) is 24.2 Å². The van der Waals surface area contributed by atoms with Gasteiger partial charge in [-0.1, -0.05) is 18.2 Å². The molecule has 1 fully saturated rings. The first-order valence-electron chi connectivity index (χ1n) is 10.7. The molecule has 176 valence electrons. The van der Waals surface area contributed by atoms with Crippen molar-refractivity contribution in [1.29, 1.82) is 0 Å². The Morgan fingerprint density at radius 1 is 1.18 bits per heavy atom. The lowest BCUT2D eigenvalue weighted by Gasteiger charge is -2.29. The molecule has 1 saturated heterocycles. The Labute approximate surface area is 193 Å². The maximum atomic E-state index is 13.2. The molecule has 10 heteroatoms. The van der Waals surface area contributed by atoms with Crippen molar-refractivity contribution in [3.05, 3.63) is 57.9 Å². The molecular formula is C23H28N4O5S. The number of sulfonamides is 1. The van der Waals surface area contributed by atoms with Crippen LogP contribution in [0.5, 0.6) is 5.75 Å². The lowest BCUT2D eigenvalue weighted by atomic mass is 10.0. The van der Waals surface area contributed by atoms with Gasteiger partial charge in [0.15, 0.2) is 0 Å². The van der Waals surface area contributed by atoms with Gasteiger partial charge in [-0.05, 0) is 37.6 Å². The van der Waals surface area contributed by atoms with E-state index in [-0.39, 0.29) is 5.56 Å². The average Bonchev–Trinajstić information content (AvgIpc) is 2.77. The van der Waals surface area contributed by atoms with E-state index in [1.165, 1.54) is 0 Å². The number of fused-ring (bicyclic) bond motifs is 1. The molecule has 4 rings (SSSR count). The first-order chi connectivity index (χ1) is 15.6. The molecule has 1 aliphatic rings. The van der Waals surface area contributed by atoms with Crippen LogP contribution in [0.25, 0.3) is 10.9 Å². The first-order valence-corrected chi connectivity index (χ1v) is 12.6. The Balaban J connectivity index is 1.79. The van der Waals surface area contributed by atoms with Gasteiger partial charge in [0, 0.05) is 25.7 Å². The van der Waals surface area contributed by atoms with Gasteiger partial charge in [0.2, 0.25) is 16.0 Å². The molecule has 0 spiro atoms. The molecule has 0 bridgehead atoms. The number of anilines is 2. The Bertz CT molecular complexity index is 1350. The van der Waals surface area contributed by atoms with Crippen LogP contribution in [0, 0.1) is 6.92 Å². The maximum Gasteiger partial charge on any atom is 0.262 e. The number of morpholine rings is 1. The van der Waals surface area contributed by atoms with E-state index < -0.39 is 16.1 Å². The van der Waals surface area contributed by atoms with Gasteiger partial charge in [-0.25, -0.2) is 13.4 Å². The number of benzene rings is 2. The Hall–Kier alpha value is -3.11. The monoisotopic (exact) mass is 472 g/mol. The number of aromatic nitrogens is 2. The van der Waals surface area contributed by atoms with Gasteiger partial charge < -0.3 is 14.4 Å². The second kappa shape index (κ2) is 9.03. The van der Waals surface area contributed by atoms with Crippen LogP contribution >= 0.6 is 0 Å². The normalized spacial score (nSPS) is 15.5. The fraction of sp³-hybridized carbons (Fsp3) is 0.391. The number of aryl methyl sites for hydroxylation is 1. The SMILES string of the molecule is Cc1cc(C(C)Oc2ccccc2NS(C)(=O)=O)c2nc(N3CCOCC3)n(C)c(=O)c2c1. The van der Waals surface area contributed by atoms with Gasteiger partial charge in [0.25, 0.3) is 5.56 Å². The molecule has 1 unspecified atom stereocenters. The van der Waals surface area contributed by atoms with Crippen LogP contribution in [-0.4, -0.2) is 50.5 Å².